The van der Waals surface area contributed by atoms with Crippen LogP contribution in [0.3, 0.4) is 0 Å². The Bertz CT molecular complexity index is 732. The van der Waals surface area contributed by atoms with Gasteiger partial charge in [-0.05, 0) is 45.5 Å². The van der Waals surface area contributed by atoms with E-state index < -0.39 is 0 Å². The number of nitrogens with one attached hydrogen (secondary N) is 1. The summed E-state index contributed by atoms with van der Waals surface area (Å²) in [7, 11) is 2.04. The lowest BCUT2D eigenvalue weighted by Crippen LogP contribution is -2.45. The van der Waals surface area contributed by atoms with E-state index in [-0.39, 0.29) is 11.9 Å². The summed E-state index contributed by atoms with van der Waals surface area (Å²) < 4.78 is 5.87. The van der Waals surface area contributed by atoms with E-state index in [4.69, 9.17) is 4.74 Å². The van der Waals surface area contributed by atoms with Crippen LogP contribution in [0.2, 0.25) is 0 Å². The number of aryl methyl sites for hydroxylation is 1. The van der Waals surface area contributed by atoms with E-state index in [0.29, 0.717) is 13.2 Å². The fraction of sp³-hybridized carbons (Fsp3) is 0.500. The Kier molecular flexibility index (Phi) is 5.87. The second-order valence-corrected chi connectivity index (χ2v) is 6.77. The SMILES string of the molecule is Cc1ccc2cccc(OCCNC(=O)[C@@H]3CCCCCN3C)c2n1. The van der Waals surface area contributed by atoms with Crippen LogP contribution in [0.1, 0.15) is 31.4 Å². The van der Waals surface area contributed by atoms with Gasteiger partial charge in [0.25, 0.3) is 0 Å². The monoisotopic (exact) mass is 341 g/mol. The summed E-state index contributed by atoms with van der Waals surface area (Å²) in [5, 5.41) is 4.08. The number of carbonyl (C=O) groups is 1. The molecule has 2 heterocycles. The van der Waals surface area contributed by atoms with E-state index in [0.717, 1.165) is 41.7 Å². The van der Waals surface area contributed by atoms with Gasteiger partial charge in [-0.2, -0.15) is 0 Å². The number of aromatic nitrogens is 1. The van der Waals surface area contributed by atoms with Crippen LogP contribution in [0.5, 0.6) is 5.75 Å². The summed E-state index contributed by atoms with van der Waals surface area (Å²) in [5.41, 5.74) is 1.84. The highest BCUT2D eigenvalue weighted by molar-refractivity contribution is 5.84. The van der Waals surface area contributed by atoms with Crippen molar-refractivity contribution < 1.29 is 9.53 Å². The lowest BCUT2D eigenvalue weighted by Gasteiger charge is -2.24. The minimum absolute atomic E-state index is 0.00984. The van der Waals surface area contributed by atoms with Gasteiger partial charge in [0.2, 0.25) is 5.91 Å². The molecule has 0 radical (unpaired) electrons. The third-order valence-electron chi connectivity index (χ3n) is 4.80. The van der Waals surface area contributed by atoms with Gasteiger partial charge in [0.1, 0.15) is 17.9 Å². The number of likely N-dealkylation sites (tertiary alicyclic amines) is 1. The van der Waals surface area contributed by atoms with Gasteiger partial charge >= 0.3 is 0 Å². The second-order valence-electron chi connectivity index (χ2n) is 6.77. The van der Waals surface area contributed by atoms with Crippen molar-refractivity contribution in [2.45, 2.75) is 38.6 Å². The molecule has 5 heteroatoms. The predicted octanol–water partition coefficient (Wildman–Crippen LogP) is 2.91. The number of hydrogen-bond acceptors (Lipinski definition) is 4. The van der Waals surface area contributed by atoms with Crippen molar-refractivity contribution in [1.82, 2.24) is 15.2 Å². The fourth-order valence-electron chi connectivity index (χ4n) is 3.37. The molecule has 5 nitrogen and oxygen atoms in total. The highest BCUT2D eigenvalue weighted by Gasteiger charge is 2.24. The number of ether oxygens (including phenoxy) is 1. The van der Waals surface area contributed by atoms with Crippen molar-refractivity contribution >= 4 is 16.8 Å². The molecule has 1 amide bonds. The molecule has 1 atom stereocenters. The molecule has 0 spiro atoms. The van der Waals surface area contributed by atoms with Crippen LogP contribution in [0.4, 0.5) is 0 Å². The van der Waals surface area contributed by atoms with Gasteiger partial charge < -0.3 is 10.1 Å². The quantitative estimate of drug-likeness (QED) is 0.850. The summed E-state index contributed by atoms with van der Waals surface area (Å²) in [6.45, 7) is 3.91. The molecule has 3 rings (SSSR count). The predicted molar refractivity (Wildman–Crippen MR) is 99.9 cm³/mol. The Morgan fingerprint density at radius 1 is 1.28 bits per heavy atom. The molecule has 2 aromatic rings. The zero-order chi connectivity index (χ0) is 17.6. The fourth-order valence-corrected chi connectivity index (χ4v) is 3.37. The minimum Gasteiger partial charge on any atom is -0.489 e. The first kappa shape index (κ1) is 17.7. The van der Waals surface area contributed by atoms with Crippen molar-refractivity contribution in [2.75, 3.05) is 26.7 Å². The maximum atomic E-state index is 12.4. The molecule has 1 N–H and O–H groups in total. The van der Waals surface area contributed by atoms with Gasteiger partial charge in [-0.15, -0.1) is 0 Å². The van der Waals surface area contributed by atoms with Crippen molar-refractivity contribution in [3.63, 3.8) is 0 Å². The van der Waals surface area contributed by atoms with Gasteiger partial charge in [-0.3, -0.25) is 9.69 Å². The number of para-hydroxylation sites is 1. The first-order chi connectivity index (χ1) is 12.1. The smallest absolute Gasteiger partial charge is 0.237 e. The molecule has 1 saturated heterocycles. The topological polar surface area (TPSA) is 54.5 Å². The Morgan fingerprint density at radius 3 is 3.04 bits per heavy atom. The Hall–Kier alpha value is -2.14. The van der Waals surface area contributed by atoms with E-state index in [9.17, 15) is 4.79 Å². The van der Waals surface area contributed by atoms with E-state index >= 15 is 0 Å². The summed E-state index contributed by atoms with van der Waals surface area (Å²) in [5.74, 6) is 0.877. The maximum absolute atomic E-state index is 12.4. The highest BCUT2D eigenvalue weighted by atomic mass is 16.5. The Balaban J connectivity index is 1.53. The number of benzene rings is 1. The van der Waals surface area contributed by atoms with Crippen molar-refractivity contribution in [1.29, 1.82) is 0 Å². The maximum Gasteiger partial charge on any atom is 0.237 e. The summed E-state index contributed by atoms with van der Waals surface area (Å²) in [4.78, 5) is 19.1. The van der Waals surface area contributed by atoms with Crippen LogP contribution in [-0.2, 0) is 4.79 Å². The molecule has 0 unspecified atom stereocenters. The van der Waals surface area contributed by atoms with E-state index in [1.807, 2.05) is 44.3 Å². The lowest BCUT2D eigenvalue weighted by molar-refractivity contribution is -0.126. The van der Waals surface area contributed by atoms with Crippen LogP contribution in [0, 0.1) is 6.92 Å². The highest BCUT2D eigenvalue weighted by Crippen LogP contribution is 2.23. The molecular formula is C20H27N3O2. The molecule has 0 aliphatic carbocycles. The number of likely N-dealkylation sites (N-methyl/N-ethyl adjacent to an activating group) is 1. The molecule has 0 saturated carbocycles. The van der Waals surface area contributed by atoms with Gasteiger partial charge in [-0.1, -0.05) is 31.0 Å². The molecular weight excluding hydrogens is 314 g/mol. The van der Waals surface area contributed by atoms with Gasteiger partial charge in [0, 0.05) is 11.1 Å². The number of rotatable bonds is 5. The number of nitrogens with zero attached hydrogens (tertiary/aromatic N) is 2. The van der Waals surface area contributed by atoms with Crippen LogP contribution >= 0.6 is 0 Å². The first-order valence-electron chi connectivity index (χ1n) is 9.12. The average molecular weight is 341 g/mol. The van der Waals surface area contributed by atoms with Crippen molar-refractivity contribution in [3.05, 3.63) is 36.0 Å². The average Bonchev–Trinajstić information content (AvgIpc) is 2.83. The molecule has 0 bridgehead atoms. The number of amides is 1. The molecule has 1 fully saturated rings. The number of carbonyl (C=O) groups excluding carboxylic acids is 1. The molecule has 1 aliphatic heterocycles. The van der Waals surface area contributed by atoms with Crippen LogP contribution in [0.25, 0.3) is 10.9 Å². The largest absolute Gasteiger partial charge is 0.489 e. The molecule has 1 aromatic heterocycles. The van der Waals surface area contributed by atoms with Gasteiger partial charge in [0.15, 0.2) is 0 Å². The van der Waals surface area contributed by atoms with Crippen LogP contribution in [-0.4, -0.2) is 48.6 Å². The zero-order valence-corrected chi connectivity index (χ0v) is 15.1. The van der Waals surface area contributed by atoms with Crippen molar-refractivity contribution in [2.24, 2.45) is 0 Å². The summed E-state index contributed by atoms with van der Waals surface area (Å²) in [6.07, 6.45) is 4.46. The van der Waals surface area contributed by atoms with E-state index in [2.05, 4.69) is 15.2 Å². The third-order valence-corrected chi connectivity index (χ3v) is 4.80. The molecule has 1 aromatic carbocycles. The van der Waals surface area contributed by atoms with E-state index in [1.54, 1.807) is 0 Å². The molecule has 25 heavy (non-hydrogen) atoms. The Labute approximate surface area is 149 Å². The summed E-state index contributed by atoms with van der Waals surface area (Å²) >= 11 is 0. The molecule has 1 aliphatic rings. The number of pyridine rings is 1. The zero-order valence-electron chi connectivity index (χ0n) is 15.1. The second kappa shape index (κ2) is 8.30. The first-order valence-corrected chi connectivity index (χ1v) is 9.12. The van der Waals surface area contributed by atoms with Crippen LogP contribution < -0.4 is 10.1 Å². The number of hydrogen-bond donors (Lipinski definition) is 1. The lowest BCUT2D eigenvalue weighted by atomic mass is 10.1. The summed E-state index contributed by atoms with van der Waals surface area (Å²) in [6, 6.07) is 9.95. The standard InChI is InChI=1S/C20H27N3O2/c1-15-10-11-16-7-6-9-18(19(16)22-15)25-14-12-21-20(24)17-8-4-3-5-13-23(17)2/h6-7,9-11,17H,3-5,8,12-14H2,1-2H3,(H,21,24)/t17-/m0/s1. The Morgan fingerprint density at radius 2 is 2.16 bits per heavy atom. The number of fused-ring (bicyclic) bond motifs is 1. The van der Waals surface area contributed by atoms with Gasteiger partial charge in [-0.25, -0.2) is 4.98 Å². The van der Waals surface area contributed by atoms with Gasteiger partial charge in [0.05, 0.1) is 12.6 Å². The minimum atomic E-state index is -0.00984. The van der Waals surface area contributed by atoms with Crippen LogP contribution in [0.15, 0.2) is 30.3 Å². The van der Waals surface area contributed by atoms with Crippen molar-refractivity contribution in [3.8, 4) is 5.75 Å². The van der Waals surface area contributed by atoms with E-state index in [1.165, 1.54) is 12.8 Å². The molecule has 134 valence electrons. The normalized spacial score (nSPS) is 18.7. The third kappa shape index (κ3) is 4.48.